The lowest BCUT2D eigenvalue weighted by Gasteiger charge is -2.27. The molecule has 0 aromatic carbocycles. The molecular weight excluding hydrogens is 220 g/mol. The summed E-state index contributed by atoms with van der Waals surface area (Å²) in [6.07, 6.45) is 11.7. The van der Waals surface area contributed by atoms with Gasteiger partial charge in [0, 0.05) is 25.2 Å². The van der Waals surface area contributed by atoms with Gasteiger partial charge in [-0.05, 0) is 50.5 Å². The molecule has 2 heterocycles. The summed E-state index contributed by atoms with van der Waals surface area (Å²) in [5.74, 6) is 1.99. The molecule has 0 amide bonds. The first-order chi connectivity index (χ1) is 8.86. The van der Waals surface area contributed by atoms with E-state index in [-0.39, 0.29) is 0 Å². The average Bonchev–Trinajstić information content (AvgIpc) is 2.68. The van der Waals surface area contributed by atoms with Gasteiger partial charge in [0.25, 0.3) is 0 Å². The summed E-state index contributed by atoms with van der Waals surface area (Å²) in [7, 11) is 0. The van der Waals surface area contributed by atoms with Crippen molar-refractivity contribution in [3.8, 4) is 0 Å². The molecule has 0 bridgehead atoms. The standard InChI is InChI=1S/C16H30N2/c1-2-13-5-3-7-15(9-8-13)18-11-14-6-4-10-17-16(14)12-18/h13-17H,2-12H2,1H3. The van der Waals surface area contributed by atoms with E-state index in [1.165, 1.54) is 71.0 Å². The number of piperidine rings is 1. The number of hydrogen-bond acceptors (Lipinski definition) is 2. The van der Waals surface area contributed by atoms with Crippen LogP contribution in [0.5, 0.6) is 0 Å². The minimum atomic E-state index is 0.823. The van der Waals surface area contributed by atoms with Crippen LogP contribution in [0.3, 0.4) is 0 Å². The molecule has 1 N–H and O–H groups in total. The molecule has 0 radical (unpaired) electrons. The molecule has 2 heteroatoms. The van der Waals surface area contributed by atoms with E-state index in [2.05, 4.69) is 17.1 Å². The Bertz CT molecular complexity index is 252. The van der Waals surface area contributed by atoms with Gasteiger partial charge < -0.3 is 5.32 Å². The zero-order chi connectivity index (χ0) is 12.4. The molecule has 3 rings (SSSR count). The van der Waals surface area contributed by atoms with Gasteiger partial charge in [0.05, 0.1) is 0 Å². The van der Waals surface area contributed by atoms with Crippen LogP contribution in [0.2, 0.25) is 0 Å². The maximum Gasteiger partial charge on any atom is 0.0235 e. The fourth-order valence-corrected chi connectivity index (χ4v) is 4.51. The maximum absolute atomic E-state index is 3.74. The van der Waals surface area contributed by atoms with E-state index in [0.717, 1.165) is 23.9 Å². The van der Waals surface area contributed by atoms with Crippen LogP contribution in [0.25, 0.3) is 0 Å². The van der Waals surface area contributed by atoms with E-state index in [1.54, 1.807) is 0 Å². The molecule has 0 spiro atoms. The summed E-state index contributed by atoms with van der Waals surface area (Å²) in [5, 5.41) is 3.74. The first kappa shape index (κ1) is 12.9. The number of likely N-dealkylation sites (tertiary alicyclic amines) is 1. The number of rotatable bonds is 2. The molecule has 3 aliphatic rings. The van der Waals surface area contributed by atoms with Gasteiger partial charge in [-0.15, -0.1) is 0 Å². The fourth-order valence-electron chi connectivity index (χ4n) is 4.51. The van der Waals surface area contributed by atoms with Crippen molar-refractivity contribution in [3.63, 3.8) is 0 Å². The van der Waals surface area contributed by atoms with Crippen molar-refractivity contribution in [2.24, 2.45) is 11.8 Å². The summed E-state index contributed by atoms with van der Waals surface area (Å²) in [6, 6.07) is 1.73. The van der Waals surface area contributed by atoms with E-state index >= 15 is 0 Å². The van der Waals surface area contributed by atoms with Gasteiger partial charge in [0.2, 0.25) is 0 Å². The number of hydrogen-bond donors (Lipinski definition) is 1. The van der Waals surface area contributed by atoms with Crippen molar-refractivity contribution >= 4 is 0 Å². The second-order valence-electron chi connectivity index (χ2n) is 6.85. The van der Waals surface area contributed by atoms with Crippen LogP contribution in [0, 0.1) is 11.8 Å². The Hall–Kier alpha value is -0.0800. The molecule has 4 atom stereocenters. The molecule has 0 aromatic heterocycles. The average molecular weight is 250 g/mol. The molecule has 18 heavy (non-hydrogen) atoms. The van der Waals surface area contributed by atoms with Gasteiger partial charge >= 0.3 is 0 Å². The third-order valence-electron chi connectivity index (χ3n) is 5.78. The highest BCUT2D eigenvalue weighted by molar-refractivity contribution is 4.94. The molecule has 4 unspecified atom stereocenters. The molecule has 2 nitrogen and oxygen atoms in total. The fraction of sp³-hybridized carbons (Fsp3) is 1.00. The summed E-state index contributed by atoms with van der Waals surface area (Å²) in [6.45, 7) is 6.36. The lowest BCUT2D eigenvalue weighted by atomic mass is 9.94. The van der Waals surface area contributed by atoms with Crippen LogP contribution in [-0.2, 0) is 0 Å². The quantitative estimate of drug-likeness (QED) is 0.758. The Balaban J connectivity index is 1.55. The van der Waals surface area contributed by atoms with Crippen molar-refractivity contribution in [1.82, 2.24) is 10.2 Å². The van der Waals surface area contributed by atoms with E-state index in [0.29, 0.717) is 0 Å². The largest absolute Gasteiger partial charge is 0.312 e. The van der Waals surface area contributed by atoms with Gasteiger partial charge in [0.15, 0.2) is 0 Å². The van der Waals surface area contributed by atoms with E-state index in [9.17, 15) is 0 Å². The highest BCUT2D eigenvalue weighted by Crippen LogP contribution is 2.32. The number of nitrogens with one attached hydrogen (secondary N) is 1. The Labute approximate surface area is 113 Å². The van der Waals surface area contributed by atoms with Crippen molar-refractivity contribution in [1.29, 1.82) is 0 Å². The van der Waals surface area contributed by atoms with Crippen LogP contribution < -0.4 is 5.32 Å². The lowest BCUT2D eigenvalue weighted by Crippen LogP contribution is -2.41. The smallest absolute Gasteiger partial charge is 0.0235 e. The van der Waals surface area contributed by atoms with Gasteiger partial charge in [-0.3, -0.25) is 4.90 Å². The van der Waals surface area contributed by atoms with Crippen LogP contribution in [-0.4, -0.2) is 36.6 Å². The third-order valence-corrected chi connectivity index (χ3v) is 5.78. The second kappa shape index (κ2) is 5.92. The first-order valence-electron chi connectivity index (χ1n) is 8.34. The molecule has 2 saturated heterocycles. The van der Waals surface area contributed by atoms with Crippen LogP contribution in [0.1, 0.15) is 58.3 Å². The van der Waals surface area contributed by atoms with Gasteiger partial charge in [-0.25, -0.2) is 0 Å². The summed E-state index contributed by atoms with van der Waals surface area (Å²) in [5.41, 5.74) is 0. The summed E-state index contributed by atoms with van der Waals surface area (Å²) < 4.78 is 0. The second-order valence-corrected chi connectivity index (χ2v) is 6.85. The highest BCUT2D eigenvalue weighted by atomic mass is 15.2. The van der Waals surface area contributed by atoms with Crippen molar-refractivity contribution < 1.29 is 0 Å². The van der Waals surface area contributed by atoms with Gasteiger partial charge in [-0.2, -0.15) is 0 Å². The zero-order valence-corrected chi connectivity index (χ0v) is 12.0. The van der Waals surface area contributed by atoms with Crippen molar-refractivity contribution in [2.45, 2.75) is 70.4 Å². The monoisotopic (exact) mass is 250 g/mol. The summed E-state index contributed by atoms with van der Waals surface area (Å²) in [4.78, 5) is 2.84. The van der Waals surface area contributed by atoms with E-state index in [1.807, 2.05) is 0 Å². The normalized spacial score (nSPS) is 42.5. The third kappa shape index (κ3) is 2.75. The zero-order valence-electron chi connectivity index (χ0n) is 12.0. The maximum atomic E-state index is 3.74. The Kier molecular flexibility index (Phi) is 4.25. The van der Waals surface area contributed by atoms with E-state index < -0.39 is 0 Å². The Morgan fingerprint density at radius 3 is 2.78 bits per heavy atom. The highest BCUT2D eigenvalue weighted by Gasteiger charge is 2.37. The predicted molar refractivity (Wildman–Crippen MR) is 76.7 cm³/mol. The SMILES string of the molecule is CCC1CCCC(N2CC3CCCNC3C2)CC1. The minimum absolute atomic E-state index is 0.823. The summed E-state index contributed by atoms with van der Waals surface area (Å²) >= 11 is 0. The first-order valence-corrected chi connectivity index (χ1v) is 8.34. The van der Waals surface area contributed by atoms with Crippen LogP contribution in [0.15, 0.2) is 0 Å². The number of nitrogens with zero attached hydrogens (tertiary/aromatic N) is 1. The number of fused-ring (bicyclic) bond motifs is 1. The van der Waals surface area contributed by atoms with Crippen LogP contribution >= 0.6 is 0 Å². The van der Waals surface area contributed by atoms with Crippen LogP contribution in [0.4, 0.5) is 0 Å². The van der Waals surface area contributed by atoms with Gasteiger partial charge in [0.1, 0.15) is 0 Å². The van der Waals surface area contributed by atoms with Crippen molar-refractivity contribution in [3.05, 3.63) is 0 Å². The molecule has 1 aliphatic carbocycles. The predicted octanol–water partition coefficient (Wildman–Crippen LogP) is 3.03. The molecule has 0 aromatic rings. The molecule has 1 saturated carbocycles. The Morgan fingerprint density at radius 2 is 1.94 bits per heavy atom. The minimum Gasteiger partial charge on any atom is -0.312 e. The lowest BCUT2D eigenvalue weighted by molar-refractivity contribution is 0.210. The topological polar surface area (TPSA) is 15.3 Å². The van der Waals surface area contributed by atoms with Gasteiger partial charge in [-0.1, -0.05) is 26.2 Å². The molecular formula is C16H30N2. The molecule has 3 fully saturated rings. The molecule has 2 aliphatic heterocycles. The molecule has 104 valence electrons. The Morgan fingerprint density at radius 1 is 1.00 bits per heavy atom. The van der Waals surface area contributed by atoms with E-state index in [4.69, 9.17) is 0 Å². The van der Waals surface area contributed by atoms with Crippen molar-refractivity contribution in [2.75, 3.05) is 19.6 Å².